The van der Waals surface area contributed by atoms with Crippen molar-refractivity contribution in [1.29, 1.82) is 0 Å². The molecule has 0 spiro atoms. The third-order valence-corrected chi connectivity index (χ3v) is 2.15. The predicted molar refractivity (Wildman–Crippen MR) is 53.2 cm³/mol. The largest absolute Gasteiger partial charge is 0.447 e. The van der Waals surface area contributed by atoms with Crippen LogP contribution in [0.25, 0.3) is 0 Å². The van der Waals surface area contributed by atoms with Gasteiger partial charge in [-0.15, -0.1) is 0 Å². The Bertz CT molecular complexity index is 188. The van der Waals surface area contributed by atoms with Gasteiger partial charge in [0, 0.05) is 20.2 Å². The molecule has 0 N–H and O–H groups in total. The molecule has 1 fully saturated rings. The van der Waals surface area contributed by atoms with E-state index in [1.54, 1.807) is 11.9 Å². The molecule has 4 heteroatoms. The van der Waals surface area contributed by atoms with Gasteiger partial charge in [0.2, 0.25) is 0 Å². The molecule has 1 aliphatic rings. The van der Waals surface area contributed by atoms with E-state index in [4.69, 9.17) is 9.47 Å². The van der Waals surface area contributed by atoms with Gasteiger partial charge >= 0.3 is 6.09 Å². The summed E-state index contributed by atoms with van der Waals surface area (Å²) in [6.45, 7) is 5.14. The molecule has 1 rings (SSSR count). The van der Waals surface area contributed by atoms with Crippen molar-refractivity contribution >= 4 is 6.09 Å². The SMILES string of the molecule is CC(C)OC(=O)N(C)CC1CCCO1. The van der Waals surface area contributed by atoms with Gasteiger partial charge in [0.15, 0.2) is 0 Å². The van der Waals surface area contributed by atoms with Gasteiger partial charge in [0.05, 0.1) is 12.2 Å². The Morgan fingerprint density at radius 1 is 1.64 bits per heavy atom. The number of hydrogen-bond donors (Lipinski definition) is 0. The first-order valence-corrected chi connectivity index (χ1v) is 5.13. The van der Waals surface area contributed by atoms with E-state index in [9.17, 15) is 4.79 Å². The maximum atomic E-state index is 11.4. The van der Waals surface area contributed by atoms with Crippen LogP contribution in [-0.4, -0.2) is 43.4 Å². The van der Waals surface area contributed by atoms with Crippen LogP contribution in [0.5, 0.6) is 0 Å². The van der Waals surface area contributed by atoms with Crippen LogP contribution in [0.3, 0.4) is 0 Å². The average Bonchev–Trinajstić information content (AvgIpc) is 2.55. The molecule has 0 bridgehead atoms. The van der Waals surface area contributed by atoms with E-state index in [1.807, 2.05) is 13.8 Å². The molecular weight excluding hydrogens is 182 g/mol. The number of hydrogen-bond acceptors (Lipinski definition) is 3. The maximum Gasteiger partial charge on any atom is 0.409 e. The van der Waals surface area contributed by atoms with Crippen LogP contribution in [0.2, 0.25) is 0 Å². The number of carbonyl (C=O) groups is 1. The summed E-state index contributed by atoms with van der Waals surface area (Å²) >= 11 is 0. The molecule has 0 saturated carbocycles. The zero-order valence-electron chi connectivity index (χ0n) is 9.16. The van der Waals surface area contributed by atoms with Crippen LogP contribution < -0.4 is 0 Å². The van der Waals surface area contributed by atoms with Gasteiger partial charge in [-0.2, -0.15) is 0 Å². The Kier molecular flexibility index (Phi) is 4.20. The molecule has 1 amide bonds. The summed E-state index contributed by atoms with van der Waals surface area (Å²) in [6, 6.07) is 0. The third-order valence-electron chi connectivity index (χ3n) is 2.15. The minimum Gasteiger partial charge on any atom is -0.447 e. The second-order valence-electron chi connectivity index (χ2n) is 3.95. The monoisotopic (exact) mass is 201 g/mol. The van der Waals surface area contributed by atoms with Crippen molar-refractivity contribution in [1.82, 2.24) is 4.90 Å². The van der Waals surface area contributed by atoms with Gasteiger partial charge in [-0.3, -0.25) is 0 Å². The summed E-state index contributed by atoms with van der Waals surface area (Å²) in [5, 5.41) is 0. The van der Waals surface area contributed by atoms with Crippen LogP contribution in [-0.2, 0) is 9.47 Å². The highest BCUT2D eigenvalue weighted by Gasteiger charge is 2.20. The molecular formula is C10H19NO3. The molecule has 1 aliphatic heterocycles. The van der Waals surface area contributed by atoms with E-state index >= 15 is 0 Å². The second-order valence-corrected chi connectivity index (χ2v) is 3.95. The smallest absolute Gasteiger partial charge is 0.409 e. The molecule has 0 aromatic carbocycles. The normalized spacial score (nSPS) is 21.3. The number of likely N-dealkylation sites (N-methyl/N-ethyl adjacent to an activating group) is 1. The van der Waals surface area contributed by atoms with Crippen LogP contribution in [0.1, 0.15) is 26.7 Å². The van der Waals surface area contributed by atoms with Crippen molar-refractivity contribution in [3.05, 3.63) is 0 Å². The van der Waals surface area contributed by atoms with Crippen molar-refractivity contribution < 1.29 is 14.3 Å². The topological polar surface area (TPSA) is 38.8 Å². The molecule has 1 saturated heterocycles. The number of nitrogens with zero attached hydrogens (tertiary/aromatic N) is 1. The average molecular weight is 201 g/mol. The fraction of sp³-hybridized carbons (Fsp3) is 0.900. The van der Waals surface area contributed by atoms with E-state index in [0.717, 1.165) is 19.4 Å². The highest BCUT2D eigenvalue weighted by molar-refractivity contribution is 5.67. The summed E-state index contributed by atoms with van der Waals surface area (Å²) in [4.78, 5) is 13.0. The lowest BCUT2D eigenvalue weighted by atomic mass is 10.2. The van der Waals surface area contributed by atoms with Gasteiger partial charge in [-0.05, 0) is 26.7 Å². The zero-order valence-corrected chi connectivity index (χ0v) is 9.16. The molecule has 0 aliphatic carbocycles. The third kappa shape index (κ3) is 3.54. The molecule has 4 nitrogen and oxygen atoms in total. The highest BCUT2D eigenvalue weighted by atomic mass is 16.6. The molecule has 0 radical (unpaired) electrons. The van der Waals surface area contributed by atoms with Gasteiger partial charge in [-0.1, -0.05) is 0 Å². The van der Waals surface area contributed by atoms with Gasteiger partial charge in [0.25, 0.3) is 0 Å². The number of rotatable bonds is 3. The molecule has 1 heterocycles. The first kappa shape index (κ1) is 11.3. The summed E-state index contributed by atoms with van der Waals surface area (Å²) in [5.41, 5.74) is 0. The van der Waals surface area contributed by atoms with Gasteiger partial charge in [-0.25, -0.2) is 4.79 Å². The highest BCUT2D eigenvalue weighted by Crippen LogP contribution is 2.13. The fourth-order valence-electron chi connectivity index (χ4n) is 1.46. The van der Waals surface area contributed by atoms with Crippen LogP contribution >= 0.6 is 0 Å². The Morgan fingerprint density at radius 3 is 2.86 bits per heavy atom. The molecule has 0 aromatic rings. The second kappa shape index (κ2) is 5.20. The van der Waals surface area contributed by atoms with Crippen molar-refractivity contribution in [2.24, 2.45) is 0 Å². The Hall–Kier alpha value is -0.770. The van der Waals surface area contributed by atoms with Crippen molar-refractivity contribution in [3.8, 4) is 0 Å². The van der Waals surface area contributed by atoms with Crippen LogP contribution in [0.15, 0.2) is 0 Å². The van der Waals surface area contributed by atoms with E-state index in [1.165, 1.54) is 0 Å². The predicted octanol–water partition coefficient (Wildman–Crippen LogP) is 1.64. The number of carbonyl (C=O) groups excluding carboxylic acids is 1. The summed E-state index contributed by atoms with van der Waals surface area (Å²) in [5.74, 6) is 0. The summed E-state index contributed by atoms with van der Waals surface area (Å²) in [6.07, 6.45) is 2.00. The van der Waals surface area contributed by atoms with E-state index in [2.05, 4.69) is 0 Å². The lowest BCUT2D eigenvalue weighted by Crippen LogP contribution is -2.35. The zero-order chi connectivity index (χ0) is 10.6. The van der Waals surface area contributed by atoms with Crippen molar-refractivity contribution in [2.75, 3.05) is 20.2 Å². The summed E-state index contributed by atoms with van der Waals surface area (Å²) < 4.78 is 10.5. The summed E-state index contributed by atoms with van der Waals surface area (Å²) in [7, 11) is 1.74. The Balaban J connectivity index is 2.25. The van der Waals surface area contributed by atoms with Crippen LogP contribution in [0.4, 0.5) is 4.79 Å². The Morgan fingerprint density at radius 2 is 2.36 bits per heavy atom. The number of amides is 1. The minimum atomic E-state index is -0.268. The van der Waals surface area contributed by atoms with Gasteiger partial charge < -0.3 is 14.4 Å². The maximum absolute atomic E-state index is 11.4. The minimum absolute atomic E-state index is 0.0607. The van der Waals surface area contributed by atoms with Crippen molar-refractivity contribution in [2.45, 2.75) is 38.9 Å². The lowest BCUT2D eigenvalue weighted by Gasteiger charge is -2.21. The number of ether oxygens (including phenoxy) is 2. The van der Waals surface area contributed by atoms with Crippen molar-refractivity contribution in [3.63, 3.8) is 0 Å². The first-order valence-electron chi connectivity index (χ1n) is 5.13. The van der Waals surface area contributed by atoms with E-state index < -0.39 is 0 Å². The molecule has 0 aromatic heterocycles. The lowest BCUT2D eigenvalue weighted by molar-refractivity contribution is 0.0524. The fourth-order valence-corrected chi connectivity index (χ4v) is 1.46. The molecule has 14 heavy (non-hydrogen) atoms. The molecule has 1 atom stereocenters. The first-order chi connectivity index (χ1) is 6.59. The standard InChI is InChI=1S/C10H19NO3/c1-8(2)14-10(12)11(3)7-9-5-4-6-13-9/h8-9H,4-7H2,1-3H3. The quantitative estimate of drug-likeness (QED) is 0.696. The molecule has 1 unspecified atom stereocenters. The van der Waals surface area contributed by atoms with Gasteiger partial charge in [0.1, 0.15) is 0 Å². The van der Waals surface area contributed by atoms with E-state index in [-0.39, 0.29) is 18.3 Å². The Labute approximate surface area is 85.2 Å². The van der Waals surface area contributed by atoms with E-state index in [0.29, 0.717) is 6.54 Å². The molecule has 82 valence electrons. The van der Waals surface area contributed by atoms with Crippen LogP contribution in [0, 0.1) is 0 Å².